The van der Waals surface area contributed by atoms with E-state index in [1.165, 1.54) is 11.1 Å². The molecule has 1 heteroatoms. The Morgan fingerprint density at radius 2 is 0.846 bits per heavy atom. The molecule has 0 heterocycles. The summed E-state index contributed by atoms with van der Waals surface area (Å²) in [5.41, 5.74) is 2.69. The van der Waals surface area contributed by atoms with Gasteiger partial charge in [-0.2, -0.15) is 35.4 Å². The van der Waals surface area contributed by atoms with Crippen molar-refractivity contribution >= 4 is 0 Å². The van der Waals surface area contributed by atoms with Crippen molar-refractivity contribution in [3.8, 4) is 0 Å². The van der Waals surface area contributed by atoms with Crippen molar-refractivity contribution in [1.82, 2.24) is 0 Å². The van der Waals surface area contributed by atoms with Crippen molar-refractivity contribution in [2.45, 2.75) is 13.8 Å². The predicted molar refractivity (Wildman–Crippen MR) is 53.5 cm³/mol. The first-order valence-corrected chi connectivity index (χ1v) is 4.15. The molecule has 13 heavy (non-hydrogen) atoms. The van der Waals surface area contributed by atoms with Gasteiger partial charge in [0.15, 0.2) is 0 Å². The molecule has 0 saturated heterocycles. The zero-order chi connectivity index (χ0) is 8.81. The summed E-state index contributed by atoms with van der Waals surface area (Å²) >= 11 is 0. The molecule has 2 aromatic rings. The van der Waals surface area contributed by atoms with Gasteiger partial charge in [-0.05, 0) is 0 Å². The van der Waals surface area contributed by atoms with Crippen LogP contribution >= 0.6 is 0 Å². The quantitative estimate of drug-likeness (QED) is 0.511. The summed E-state index contributed by atoms with van der Waals surface area (Å²) in [4.78, 5) is 0. The van der Waals surface area contributed by atoms with Crippen LogP contribution in [-0.2, 0) is 25.8 Å². The Morgan fingerprint density at radius 3 is 0.923 bits per heavy atom. The maximum absolute atomic E-state index is 2.08. The van der Waals surface area contributed by atoms with Gasteiger partial charge in [-0.3, -0.25) is 0 Å². The van der Waals surface area contributed by atoms with Crippen LogP contribution in [0.3, 0.4) is 0 Å². The molecule has 0 N–H and O–H groups in total. The number of hydrogen-bond acceptors (Lipinski definition) is 0. The molecular weight excluding hydrogens is 323 g/mol. The molecule has 0 radical (unpaired) electrons. The van der Waals surface area contributed by atoms with E-state index in [0.717, 1.165) is 0 Å². The Hall–Kier alpha value is -0.430. The van der Waals surface area contributed by atoms with Crippen LogP contribution in [0.25, 0.3) is 0 Å². The summed E-state index contributed by atoms with van der Waals surface area (Å²) in [7, 11) is 0. The second-order valence-electron chi connectivity index (χ2n) is 2.92. The van der Waals surface area contributed by atoms with Gasteiger partial charge in [0.2, 0.25) is 0 Å². The van der Waals surface area contributed by atoms with Crippen LogP contribution in [0.15, 0.2) is 48.5 Å². The average Bonchev–Trinajstić information content (AvgIpc) is 2.63. The molecule has 0 nitrogen and oxygen atoms in total. The molecule has 0 bridgehead atoms. The van der Waals surface area contributed by atoms with Crippen molar-refractivity contribution in [2.75, 3.05) is 0 Å². The minimum Gasteiger partial charge on any atom is -0.213 e. The fourth-order valence-corrected chi connectivity index (χ4v) is 0.940. The molecule has 0 aromatic heterocycles. The Labute approximate surface area is 99.1 Å². The van der Waals surface area contributed by atoms with Gasteiger partial charge in [0.1, 0.15) is 0 Å². The second kappa shape index (κ2) is 7.02. The van der Waals surface area contributed by atoms with Crippen LogP contribution in [0.4, 0.5) is 0 Å². The van der Waals surface area contributed by atoms with E-state index < -0.39 is 0 Å². The van der Waals surface area contributed by atoms with Crippen molar-refractivity contribution in [3.05, 3.63) is 59.7 Å². The van der Waals surface area contributed by atoms with Gasteiger partial charge < -0.3 is 0 Å². The van der Waals surface area contributed by atoms with E-state index in [4.69, 9.17) is 0 Å². The maximum atomic E-state index is 2.08. The summed E-state index contributed by atoms with van der Waals surface area (Å²) in [6.07, 6.45) is 0. The van der Waals surface area contributed by atoms with E-state index in [-0.39, 0.29) is 25.8 Å². The second-order valence-corrected chi connectivity index (χ2v) is 2.92. The van der Waals surface area contributed by atoms with Crippen LogP contribution in [0.5, 0.6) is 0 Å². The number of aryl methyl sites for hydroxylation is 2. The van der Waals surface area contributed by atoms with Gasteiger partial charge in [0, 0.05) is 0 Å². The number of hydrogen-bond donors (Lipinski definition) is 0. The van der Waals surface area contributed by atoms with Gasteiger partial charge in [-0.1, -0.05) is 13.8 Å². The molecular formula is C12H14Hf+2. The summed E-state index contributed by atoms with van der Waals surface area (Å²) < 4.78 is 0. The van der Waals surface area contributed by atoms with Gasteiger partial charge in [-0.25, -0.2) is 24.3 Å². The van der Waals surface area contributed by atoms with Gasteiger partial charge in [0.05, 0.1) is 0 Å². The molecule has 2 rings (SSSR count). The Kier molecular flexibility index (Phi) is 6.79. The van der Waals surface area contributed by atoms with E-state index >= 15 is 0 Å². The fraction of sp³-hybridized carbons (Fsp3) is 0.167. The van der Waals surface area contributed by atoms with E-state index in [1.54, 1.807) is 0 Å². The van der Waals surface area contributed by atoms with E-state index in [0.29, 0.717) is 0 Å². The van der Waals surface area contributed by atoms with E-state index in [1.807, 2.05) is 24.3 Å². The monoisotopic (exact) mass is 338 g/mol. The topological polar surface area (TPSA) is 0 Å². The van der Waals surface area contributed by atoms with Crippen molar-refractivity contribution in [3.63, 3.8) is 0 Å². The Bertz CT molecular complexity index is 245. The molecule has 64 valence electrons. The maximum Gasteiger partial charge on any atom is 4.00 e. The van der Waals surface area contributed by atoms with Gasteiger partial charge >= 0.3 is 25.8 Å². The molecule has 0 fully saturated rings. The molecule has 2 aromatic carbocycles. The third kappa shape index (κ3) is 5.75. The largest absolute Gasteiger partial charge is 4.00 e. The van der Waals surface area contributed by atoms with Crippen molar-refractivity contribution in [2.24, 2.45) is 0 Å². The van der Waals surface area contributed by atoms with Crippen LogP contribution < -0.4 is 0 Å². The van der Waals surface area contributed by atoms with Crippen LogP contribution in [-0.4, -0.2) is 0 Å². The smallest absolute Gasteiger partial charge is 0.213 e. The zero-order valence-electron chi connectivity index (χ0n) is 8.12. The van der Waals surface area contributed by atoms with Gasteiger partial charge in [-0.15, -0.1) is 0 Å². The summed E-state index contributed by atoms with van der Waals surface area (Å²) in [5.74, 6) is 0. The first-order chi connectivity index (χ1) is 5.79. The number of rotatable bonds is 0. The zero-order valence-corrected chi connectivity index (χ0v) is 11.7. The summed E-state index contributed by atoms with van der Waals surface area (Å²) in [6.45, 7) is 4.17. The normalized spacial score (nSPS) is 8.15. The van der Waals surface area contributed by atoms with E-state index in [9.17, 15) is 0 Å². The third-order valence-corrected chi connectivity index (χ3v) is 1.66. The van der Waals surface area contributed by atoms with Crippen LogP contribution in [0.2, 0.25) is 0 Å². The first kappa shape index (κ1) is 12.6. The molecule has 0 aliphatic rings. The minimum atomic E-state index is 0. The van der Waals surface area contributed by atoms with Gasteiger partial charge in [0.25, 0.3) is 0 Å². The average molecular weight is 337 g/mol. The van der Waals surface area contributed by atoms with Crippen LogP contribution in [0.1, 0.15) is 11.1 Å². The van der Waals surface area contributed by atoms with Crippen molar-refractivity contribution in [1.29, 1.82) is 0 Å². The van der Waals surface area contributed by atoms with E-state index in [2.05, 4.69) is 38.1 Å². The summed E-state index contributed by atoms with van der Waals surface area (Å²) in [6, 6.07) is 16.5. The molecule has 0 saturated carbocycles. The third-order valence-electron chi connectivity index (χ3n) is 1.66. The molecule has 0 unspecified atom stereocenters. The molecule has 0 atom stereocenters. The standard InChI is InChI=1S/2C6H7.Hf/c2*1-6-4-2-3-5-6;/h2*2-5H,1H3;/q2*-1;+4. The SMILES string of the molecule is C[c-]1cccc1.C[c-]1cccc1.[Hf+4]. The fourth-order valence-electron chi connectivity index (χ4n) is 0.940. The predicted octanol–water partition coefficient (Wildman–Crippen LogP) is 3.43. The molecule has 0 aliphatic carbocycles. The van der Waals surface area contributed by atoms with Crippen LogP contribution in [0, 0.1) is 13.8 Å². The minimum absolute atomic E-state index is 0. The molecule has 0 aliphatic heterocycles. The summed E-state index contributed by atoms with van der Waals surface area (Å²) in [5, 5.41) is 0. The molecule has 0 spiro atoms. The Balaban J connectivity index is 0.000000206. The first-order valence-electron chi connectivity index (χ1n) is 4.15. The molecule has 0 amide bonds. The Morgan fingerprint density at radius 1 is 0.615 bits per heavy atom. The van der Waals surface area contributed by atoms with Crippen molar-refractivity contribution < 1.29 is 25.8 Å².